The normalized spacial score (nSPS) is 25.5. The monoisotopic (exact) mass is 1370 g/mol. The van der Waals surface area contributed by atoms with E-state index in [1.54, 1.807) is 102 Å². The quantitative estimate of drug-likeness (QED) is 0.0280. The Morgan fingerprint density at radius 3 is 1.47 bits per heavy atom. The molecule has 15 heteroatoms. The van der Waals surface area contributed by atoms with E-state index in [0.717, 1.165) is 64.2 Å². The number of carbonyl (C=O) groups excluding carboxylic acids is 5. The number of rotatable bonds is 38. The number of carbonyl (C=O) groups is 5. The van der Waals surface area contributed by atoms with Gasteiger partial charge < -0.3 is 49.1 Å². The van der Waals surface area contributed by atoms with Gasteiger partial charge in [0.15, 0.2) is 11.9 Å². The Balaban J connectivity index is 1.29. The molecule has 4 N–H and O–H groups in total. The molecule has 2 aromatic rings. The van der Waals surface area contributed by atoms with Crippen LogP contribution in [0.5, 0.6) is 0 Å². The third-order valence-electron chi connectivity index (χ3n) is 19.0. The number of ketones is 1. The summed E-state index contributed by atoms with van der Waals surface area (Å²) in [6.45, 7) is 15.2. The van der Waals surface area contributed by atoms with E-state index in [-0.39, 0.29) is 49.8 Å². The van der Waals surface area contributed by atoms with E-state index < -0.39 is 113 Å². The average molecular weight is 1370 g/mol. The number of allylic oxidation sites excluding steroid dienone is 24. The average Bonchev–Trinajstić information content (AvgIpc) is 0.671. The molecule has 542 valence electrons. The van der Waals surface area contributed by atoms with Gasteiger partial charge in [0.05, 0.1) is 42.4 Å². The highest BCUT2D eigenvalue weighted by molar-refractivity contribution is 5.96. The Labute approximate surface area is 596 Å². The van der Waals surface area contributed by atoms with Gasteiger partial charge in [-0.05, 0) is 153 Å². The number of nitrogens with one attached hydrogen (secondary N) is 1. The fourth-order valence-corrected chi connectivity index (χ4v) is 13.6. The van der Waals surface area contributed by atoms with Crippen molar-refractivity contribution in [1.29, 1.82) is 0 Å². The molecule has 6 rings (SSSR count). The van der Waals surface area contributed by atoms with Gasteiger partial charge in [-0.3, -0.25) is 14.4 Å². The van der Waals surface area contributed by atoms with Gasteiger partial charge >= 0.3 is 24.0 Å². The molecule has 3 aliphatic carbocycles. The van der Waals surface area contributed by atoms with Crippen molar-refractivity contribution < 1.29 is 67.7 Å². The van der Waals surface area contributed by atoms with Gasteiger partial charge in [0, 0.05) is 37.0 Å². The number of Topliss-reactive ketones (excluding diaryl/α,β-unsaturated/α-hetero) is 1. The maximum absolute atomic E-state index is 16.7. The van der Waals surface area contributed by atoms with Crippen LogP contribution in [0.3, 0.4) is 0 Å². The molecule has 4 aliphatic rings. The molecule has 0 aromatic heterocycles. The first kappa shape index (κ1) is 81.2. The largest absolute Gasteiger partial charge is 0.461 e. The summed E-state index contributed by atoms with van der Waals surface area (Å²) in [6, 6.07) is 15.9. The summed E-state index contributed by atoms with van der Waals surface area (Å²) in [6.07, 6.45) is 51.2. The van der Waals surface area contributed by atoms with Crippen LogP contribution in [0, 0.1) is 16.7 Å². The van der Waals surface area contributed by atoms with E-state index >= 15 is 4.79 Å². The smallest absolute Gasteiger partial charge is 0.408 e. The van der Waals surface area contributed by atoms with Gasteiger partial charge in [0.25, 0.3) is 0 Å². The molecule has 2 aromatic carbocycles. The van der Waals surface area contributed by atoms with E-state index in [1.165, 1.54) is 6.92 Å². The number of aliphatic hydroxyl groups is 3. The summed E-state index contributed by atoms with van der Waals surface area (Å²) < 4.78 is 38.1. The van der Waals surface area contributed by atoms with Gasteiger partial charge in [0.1, 0.15) is 35.1 Å². The summed E-state index contributed by atoms with van der Waals surface area (Å²) in [4.78, 5) is 73.8. The number of ether oxygens (including phenoxy) is 6. The lowest BCUT2D eigenvalue weighted by Crippen LogP contribution is -2.81. The summed E-state index contributed by atoms with van der Waals surface area (Å²) in [5, 5.41) is 42.5. The molecule has 0 radical (unpaired) electrons. The number of amides is 1. The lowest BCUT2D eigenvalue weighted by Gasteiger charge is -2.67. The van der Waals surface area contributed by atoms with Crippen molar-refractivity contribution in [2.75, 3.05) is 13.2 Å². The van der Waals surface area contributed by atoms with Crippen molar-refractivity contribution in [3.8, 4) is 0 Å². The zero-order chi connectivity index (χ0) is 72.4. The molecule has 1 aliphatic heterocycles. The molecular weight excluding hydrogens is 1260 g/mol. The molecule has 1 heterocycles. The van der Waals surface area contributed by atoms with Crippen LogP contribution in [0.15, 0.2) is 218 Å². The van der Waals surface area contributed by atoms with Crippen LogP contribution < -0.4 is 5.32 Å². The van der Waals surface area contributed by atoms with E-state index in [2.05, 4.69) is 135 Å². The minimum Gasteiger partial charge on any atom is -0.461 e. The van der Waals surface area contributed by atoms with Crippen molar-refractivity contribution in [2.24, 2.45) is 16.7 Å². The summed E-state index contributed by atoms with van der Waals surface area (Å²) in [5.41, 5.74) is -7.69. The van der Waals surface area contributed by atoms with Crippen LogP contribution >= 0.6 is 0 Å². The van der Waals surface area contributed by atoms with Crippen LogP contribution in [0.25, 0.3) is 0 Å². The minimum absolute atomic E-state index is 0.0760. The predicted molar refractivity (Wildman–Crippen MR) is 397 cm³/mol. The first-order chi connectivity index (χ1) is 48.0. The number of alkyl carbamates (subject to hydrolysis) is 1. The van der Waals surface area contributed by atoms with Gasteiger partial charge in [0.2, 0.25) is 0 Å². The van der Waals surface area contributed by atoms with Gasteiger partial charge in [-0.25, -0.2) is 9.59 Å². The number of benzene rings is 2. The molecule has 100 heavy (non-hydrogen) atoms. The summed E-state index contributed by atoms with van der Waals surface area (Å²) in [5.74, 6) is -4.61. The van der Waals surface area contributed by atoms with Crippen molar-refractivity contribution in [1.82, 2.24) is 5.32 Å². The molecule has 11 unspecified atom stereocenters. The Hall–Kier alpha value is -7.79. The van der Waals surface area contributed by atoms with Gasteiger partial charge in [-0.2, -0.15) is 0 Å². The summed E-state index contributed by atoms with van der Waals surface area (Å²) >= 11 is 0. The maximum atomic E-state index is 16.7. The fourth-order valence-electron chi connectivity index (χ4n) is 13.6. The van der Waals surface area contributed by atoms with Crippen molar-refractivity contribution >= 4 is 29.8 Å². The Morgan fingerprint density at radius 1 is 0.610 bits per heavy atom. The number of esters is 3. The number of hydrogen-bond donors (Lipinski definition) is 4. The number of fused-ring (bicyclic) bond motifs is 5. The highest BCUT2D eigenvalue weighted by Gasteiger charge is 2.77. The van der Waals surface area contributed by atoms with E-state index in [1.807, 2.05) is 30.4 Å². The first-order valence-corrected chi connectivity index (χ1v) is 36.1. The van der Waals surface area contributed by atoms with E-state index in [9.17, 15) is 34.5 Å². The molecule has 3 fully saturated rings. The second-order valence-electron chi connectivity index (χ2n) is 27.9. The molecule has 1 saturated heterocycles. The first-order valence-electron chi connectivity index (χ1n) is 36.1. The topological polar surface area (TPSA) is 213 Å². The highest BCUT2D eigenvalue weighted by atomic mass is 16.6. The lowest BCUT2D eigenvalue weighted by molar-refractivity contribution is -0.344. The minimum atomic E-state index is -2.31. The van der Waals surface area contributed by atoms with E-state index in [4.69, 9.17) is 28.4 Å². The lowest BCUT2D eigenvalue weighted by atomic mass is 9.44. The predicted octanol–water partition coefficient (Wildman–Crippen LogP) is 17.2. The Kier molecular flexibility index (Phi) is 33.5. The third-order valence-corrected chi connectivity index (χ3v) is 19.0. The number of aliphatic hydroxyl groups excluding tert-OH is 1. The molecule has 2 saturated carbocycles. The molecule has 0 spiro atoms. The Morgan fingerprint density at radius 2 is 1.04 bits per heavy atom. The van der Waals surface area contributed by atoms with Crippen molar-refractivity contribution in [2.45, 2.75) is 237 Å². The zero-order valence-corrected chi connectivity index (χ0v) is 60.7. The summed E-state index contributed by atoms with van der Waals surface area (Å²) in [7, 11) is 0. The van der Waals surface area contributed by atoms with Crippen molar-refractivity contribution in [3.63, 3.8) is 0 Å². The zero-order valence-electron chi connectivity index (χ0n) is 60.7. The molecular formula is C85H113NO14. The molecule has 15 nitrogen and oxygen atoms in total. The second kappa shape index (κ2) is 41.2. The second-order valence-corrected chi connectivity index (χ2v) is 27.9. The van der Waals surface area contributed by atoms with E-state index in [0.29, 0.717) is 30.4 Å². The maximum Gasteiger partial charge on any atom is 0.408 e. The molecule has 2 bridgehead atoms. The SMILES string of the molecule is CC/C=C\C/C=C\C/C=C\C/C=C\C/C=C\C/C=C\CCC(=O)OC1C(=O)C2(C)C(OC(=O)CC/C=C\C/C=C\C/C=C\C/C=C\C/C=C\C/C=C\CC)CC3OCC3(O)C2C(OC(=O)c2ccccc2)C2(O)CC(OCC(O)C(NC(=O)OC(C)(C)C)c3ccccc3)C(C)=C1C2(C)C. The van der Waals surface area contributed by atoms with Crippen LogP contribution in [-0.4, -0.2) is 112 Å². The van der Waals surface area contributed by atoms with Gasteiger partial charge in [-0.15, -0.1) is 0 Å². The Bertz CT molecular complexity index is 3330. The van der Waals surface area contributed by atoms with Crippen LogP contribution in [0.2, 0.25) is 0 Å². The molecule has 1 amide bonds. The number of hydrogen-bond acceptors (Lipinski definition) is 14. The third kappa shape index (κ3) is 23.7. The highest BCUT2D eigenvalue weighted by Crippen LogP contribution is 2.64. The van der Waals surface area contributed by atoms with Crippen LogP contribution in [0.4, 0.5) is 4.79 Å². The fraction of sp³-hybridized carbons (Fsp3) is 0.494. The van der Waals surface area contributed by atoms with Crippen molar-refractivity contribution in [3.05, 3.63) is 229 Å². The molecule has 11 atom stereocenters. The van der Waals surface area contributed by atoms with Crippen LogP contribution in [-0.2, 0) is 42.8 Å². The standard InChI is InChI=1S/C85H113NO14/c1-10-12-14-16-18-20-22-24-26-28-30-32-34-36-38-40-42-44-52-58-71(88)97-69-60-70-84(93,63-96-70)76-78(99-79(91)66-56-50-47-51-57-66)85(94)61-68(95-62-67(87)74(65-54-48-46-49-55-65)86-80(92)100-81(4,5)6)64(3)73(82(85,7)8)75(77(90)83(69,76)9)98-72(89)59-53-45-43-41-39-37-35-33-31-29-27-25-23-21-19-17-15-13-11-2/h12-15,18-21,24-27,30-33,36-39,42-51,54-57,67-70,74-76,78,87,93-94H,10-11,16-17,22-23,28-29,34-35,40-41,52-53,58-63H2,1-9H3,(H,86,92)/b14-12-,15-13-,20-18-,21-19-,26-24-,27-25-,32-30-,33-31-,38-36-,39-37-,44-42-,45-43-. The van der Waals surface area contributed by atoms with Crippen LogP contribution in [0.1, 0.15) is 200 Å². The van der Waals surface area contributed by atoms with Gasteiger partial charge in [-0.1, -0.05) is 222 Å².